The molecule has 0 N–H and O–H groups in total. The largest absolute Gasteiger partial charge is 0.492 e. The molecule has 3 aliphatic heterocycles. The molecule has 5 aliphatic rings. The van der Waals surface area contributed by atoms with Crippen LogP contribution in [0.25, 0.3) is 0 Å². The molecule has 0 radical (unpaired) electrons. The fourth-order valence-electron chi connectivity index (χ4n) is 6.15. The van der Waals surface area contributed by atoms with Gasteiger partial charge < -0.3 is 14.2 Å². The van der Waals surface area contributed by atoms with E-state index in [1.165, 1.54) is 89.5 Å². The summed E-state index contributed by atoms with van der Waals surface area (Å²) in [5.74, 6) is 1.92. The monoisotopic (exact) mass is 780 g/mol. The SMILES string of the molecule is CC.CC.CC.CC.CC.c1cc2c(cn1)CCC2.c1cc2c(cn1)CCCC2.c1cc2c(cn1)COC2.c1cc2c(cn1)OCC2.c1cc2c(cn1)OCCC2. The Hall–Kier alpha value is -4.69. The summed E-state index contributed by atoms with van der Waals surface area (Å²) in [6.45, 7) is 23.2. The summed E-state index contributed by atoms with van der Waals surface area (Å²) < 4.78 is 15.8. The van der Waals surface area contributed by atoms with Crippen LogP contribution in [0.1, 0.15) is 139 Å². The van der Waals surface area contributed by atoms with Crippen molar-refractivity contribution in [3.8, 4) is 11.5 Å². The van der Waals surface area contributed by atoms with Crippen molar-refractivity contribution in [2.75, 3.05) is 13.2 Å². The number of aromatic nitrogens is 5. The van der Waals surface area contributed by atoms with Gasteiger partial charge in [-0.15, -0.1) is 0 Å². The summed E-state index contributed by atoms with van der Waals surface area (Å²) in [7, 11) is 0. The van der Waals surface area contributed by atoms with Crippen LogP contribution >= 0.6 is 0 Å². The van der Waals surface area contributed by atoms with Gasteiger partial charge in [0.25, 0.3) is 0 Å². The van der Waals surface area contributed by atoms with Crippen molar-refractivity contribution < 1.29 is 14.2 Å². The van der Waals surface area contributed by atoms with E-state index in [0.29, 0.717) is 0 Å². The number of fused-ring (bicyclic) bond motifs is 5. The van der Waals surface area contributed by atoms with E-state index < -0.39 is 0 Å². The highest BCUT2D eigenvalue weighted by atomic mass is 16.5. The lowest BCUT2D eigenvalue weighted by Crippen LogP contribution is -2.07. The third-order valence-electron chi connectivity index (χ3n) is 8.78. The molecule has 0 spiro atoms. The van der Waals surface area contributed by atoms with Gasteiger partial charge in [0.15, 0.2) is 0 Å². The third kappa shape index (κ3) is 18.4. The van der Waals surface area contributed by atoms with Gasteiger partial charge in [0.2, 0.25) is 0 Å². The highest BCUT2D eigenvalue weighted by Crippen LogP contribution is 2.23. The molecule has 8 nitrogen and oxygen atoms in total. The topological polar surface area (TPSA) is 92.1 Å². The Bertz CT molecular complexity index is 1430. The minimum absolute atomic E-state index is 0.739. The summed E-state index contributed by atoms with van der Waals surface area (Å²) >= 11 is 0. The first kappa shape index (κ1) is 50.3. The Morgan fingerprint density at radius 1 is 0.333 bits per heavy atom. The molecule has 8 heterocycles. The van der Waals surface area contributed by atoms with Crippen molar-refractivity contribution in [3.63, 3.8) is 0 Å². The van der Waals surface area contributed by atoms with E-state index in [0.717, 1.165) is 57.2 Å². The highest BCUT2D eigenvalue weighted by Gasteiger charge is 2.11. The molecule has 312 valence electrons. The van der Waals surface area contributed by atoms with Crippen LogP contribution in [-0.2, 0) is 56.5 Å². The maximum atomic E-state index is 5.36. The molecule has 10 rings (SSSR count). The first-order chi connectivity index (χ1) is 28.3. The van der Waals surface area contributed by atoms with Gasteiger partial charge in [-0.2, -0.15) is 0 Å². The molecule has 0 aromatic carbocycles. The number of hydrogen-bond donors (Lipinski definition) is 0. The second-order valence-electron chi connectivity index (χ2n) is 12.0. The molecular weight excluding hydrogens is 707 g/mol. The van der Waals surface area contributed by atoms with E-state index in [1.54, 1.807) is 24.8 Å². The van der Waals surface area contributed by atoms with Crippen molar-refractivity contribution in [3.05, 3.63) is 137 Å². The summed E-state index contributed by atoms with van der Waals surface area (Å²) in [6.07, 6.45) is 30.9. The van der Waals surface area contributed by atoms with Crippen molar-refractivity contribution in [1.29, 1.82) is 0 Å². The van der Waals surface area contributed by atoms with Crippen LogP contribution in [0, 0.1) is 0 Å². The summed E-state index contributed by atoms with van der Waals surface area (Å²) in [5.41, 5.74) is 11.0. The summed E-state index contributed by atoms with van der Waals surface area (Å²) in [4.78, 5) is 20.0. The van der Waals surface area contributed by atoms with E-state index in [2.05, 4.69) is 37.1 Å². The normalized spacial score (nSPS) is 13.4. The number of nitrogens with zero attached hydrogens (tertiary/aromatic N) is 5. The maximum absolute atomic E-state index is 5.36. The Balaban J connectivity index is 0.000000337. The van der Waals surface area contributed by atoms with Crippen LogP contribution in [0.3, 0.4) is 0 Å². The Morgan fingerprint density at radius 3 is 1.21 bits per heavy atom. The fourth-order valence-corrected chi connectivity index (χ4v) is 6.15. The summed E-state index contributed by atoms with van der Waals surface area (Å²) in [5, 5.41) is 0. The number of ether oxygens (including phenoxy) is 3. The first-order valence-corrected chi connectivity index (χ1v) is 21.8. The average molecular weight is 780 g/mol. The molecule has 0 unspecified atom stereocenters. The van der Waals surface area contributed by atoms with Gasteiger partial charge >= 0.3 is 0 Å². The Labute approximate surface area is 346 Å². The predicted molar refractivity (Wildman–Crippen MR) is 238 cm³/mol. The van der Waals surface area contributed by atoms with Gasteiger partial charge in [0, 0.05) is 67.1 Å². The highest BCUT2D eigenvalue weighted by molar-refractivity contribution is 5.33. The quantitative estimate of drug-likeness (QED) is 0.153. The van der Waals surface area contributed by atoms with Gasteiger partial charge in [-0.1, -0.05) is 69.2 Å². The number of rotatable bonds is 0. The average Bonchev–Trinajstić information content (AvgIpc) is 4.13. The van der Waals surface area contributed by atoms with E-state index in [9.17, 15) is 0 Å². The molecule has 0 atom stereocenters. The van der Waals surface area contributed by atoms with Gasteiger partial charge in [-0.25, -0.2) is 0 Å². The van der Waals surface area contributed by atoms with Crippen LogP contribution in [0.4, 0.5) is 0 Å². The van der Waals surface area contributed by atoms with Gasteiger partial charge in [0.05, 0.1) is 38.8 Å². The second kappa shape index (κ2) is 33.4. The predicted octanol–water partition coefficient (Wildman–Crippen LogP) is 12.2. The number of hydrogen-bond acceptors (Lipinski definition) is 8. The molecule has 0 saturated heterocycles. The van der Waals surface area contributed by atoms with Crippen LogP contribution in [0.5, 0.6) is 11.5 Å². The molecule has 0 saturated carbocycles. The van der Waals surface area contributed by atoms with Crippen molar-refractivity contribution >= 4 is 0 Å². The standard InChI is InChI=1S/C9H11N.C8H9NO.C8H9N.2C7H7NO.5C2H6/c1-2-4-9-7-10-6-5-8(9)3-1;1-2-7-3-4-9-6-8(7)10-5-1;1-2-7-4-5-9-6-8(7)3-1;1-3-8-5-7-6(1)2-4-9-7;1-2-8-3-7-5-9-4-6(1)7;5*1-2/h5-7H,1-4H2;3-4,6H,1-2,5H2;4-6H,1-3H2;1,3,5H,2,4H2;1-3H,4-5H2;5*1-2H3. The Kier molecular flexibility index (Phi) is 29.5. The molecule has 5 aromatic rings. The zero-order chi connectivity index (χ0) is 41.9. The molecule has 2 aliphatic carbocycles. The van der Waals surface area contributed by atoms with Crippen molar-refractivity contribution in [1.82, 2.24) is 24.9 Å². The second-order valence-corrected chi connectivity index (χ2v) is 12.0. The number of aryl methyl sites for hydroxylation is 5. The minimum Gasteiger partial charge on any atom is -0.492 e. The van der Waals surface area contributed by atoms with Crippen molar-refractivity contribution in [2.45, 2.75) is 147 Å². The molecule has 0 fully saturated rings. The van der Waals surface area contributed by atoms with E-state index >= 15 is 0 Å². The minimum atomic E-state index is 0.739. The van der Waals surface area contributed by atoms with Crippen LogP contribution in [-0.4, -0.2) is 38.1 Å². The maximum Gasteiger partial charge on any atom is 0.140 e. The fraction of sp³-hybridized carbons (Fsp3) is 0.490. The third-order valence-corrected chi connectivity index (χ3v) is 8.78. The molecule has 8 heteroatoms. The van der Waals surface area contributed by atoms with E-state index in [1.807, 2.05) is 125 Å². The van der Waals surface area contributed by atoms with Crippen molar-refractivity contribution in [2.24, 2.45) is 0 Å². The smallest absolute Gasteiger partial charge is 0.140 e. The van der Waals surface area contributed by atoms with Crippen LogP contribution < -0.4 is 9.47 Å². The zero-order valence-corrected chi connectivity index (χ0v) is 37.0. The molecule has 0 amide bonds. The van der Waals surface area contributed by atoms with E-state index in [4.69, 9.17) is 14.2 Å². The molecule has 0 bridgehead atoms. The van der Waals surface area contributed by atoms with Gasteiger partial charge in [0.1, 0.15) is 11.5 Å². The zero-order valence-electron chi connectivity index (χ0n) is 37.0. The molecular formula is C49H73N5O3. The lowest BCUT2D eigenvalue weighted by molar-refractivity contribution is 0.134. The Morgan fingerprint density at radius 2 is 0.702 bits per heavy atom. The van der Waals surface area contributed by atoms with E-state index in [-0.39, 0.29) is 0 Å². The van der Waals surface area contributed by atoms with Crippen LogP contribution in [0.15, 0.2) is 92.3 Å². The molecule has 57 heavy (non-hydrogen) atoms. The summed E-state index contributed by atoms with van der Waals surface area (Å²) in [6, 6.07) is 10.3. The van der Waals surface area contributed by atoms with Crippen LogP contribution in [0.2, 0.25) is 0 Å². The van der Waals surface area contributed by atoms with Gasteiger partial charge in [-0.05, 0) is 121 Å². The number of pyridine rings is 5. The lowest BCUT2D eigenvalue weighted by Gasteiger charge is -2.15. The lowest BCUT2D eigenvalue weighted by atomic mass is 9.94. The molecule has 5 aromatic heterocycles. The van der Waals surface area contributed by atoms with Gasteiger partial charge in [-0.3, -0.25) is 24.9 Å². The first-order valence-electron chi connectivity index (χ1n) is 21.8.